The highest BCUT2D eigenvalue weighted by Gasteiger charge is 2.18. The number of hydrogen-bond acceptors (Lipinski definition) is 2. The first-order valence-electron chi connectivity index (χ1n) is 6.16. The Balaban J connectivity index is 2.17. The van der Waals surface area contributed by atoms with Gasteiger partial charge in [-0.2, -0.15) is 0 Å². The Kier molecular flexibility index (Phi) is 4.67. The van der Waals surface area contributed by atoms with E-state index in [1.807, 2.05) is 0 Å². The molecule has 0 aromatic heterocycles. The Bertz CT molecular complexity index is 528. The van der Waals surface area contributed by atoms with Crippen molar-refractivity contribution < 1.29 is 9.90 Å². The van der Waals surface area contributed by atoms with Gasteiger partial charge in [-0.15, -0.1) is 0 Å². The molecule has 1 aromatic carbocycles. The second-order valence-electron chi connectivity index (χ2n) is 4.27. The molecular formula is C14H15ClN2O2. The number of halogens is 1. The van der Waals surface area contributed by atoms with Gasteiger partial charge in [-0.1, -0.05) is 23.4 Å². The normalized spacial score (nSPS) is 13.9. The third-order valence-electron chi connectivity index (χ3n) is 2.92. The molecule has 0 saturated carbocycles. The van der Waals surface area contributed by atoms with Crippen LogP contribution in [0.1, 0.15) is 18.4 Å². The average Bonchev–Trinajstić information content (AvgIpc) is 2.92. The molecule has 5 heteroatoms. The standard InChI is InChI=1S/C14H15ClN2O2/c15-12-6-5-11(4-3-9-18)13(10-12)16-14(19)17-7-1-2-8-17/h5-6,10,18H,1-2,7-9H2,(H,16,19). The van der Waals surface area contributed by atoms with Crippen molar-refractivity contribution in [2.75, 3.05) is 25.0 Å². The van der Waals surface area contributed by atoms with Crippen LogP contribution in [0.2, 0.25) is 5.02 Å². The molecule has 0 radical (unpaired) electrons. The number of aliphatic hydroxyl groups excluding tert-OH is 1. The number of rotatable bonds is 1. The van der Waals surface area contributed by atoms with Crippen LogP contribution in [-0.4, -0.2) is 35.7 Å². The van der Waals surface area contributed by atoms with Crippen LogP contribution >= 0.6 is 11.6 Å². The first-order valence-corrected chi connectivity index (χ1v) is 6.53. The molecule has 0 aliphatic carbocycles. The highest BCUT2D eigenvalue weighted by atomic mass is 35.5. The van der Waals surface area contributed by atoms with Crippen LogP contribution < -0.4 is 5.32 Å². The molecule has 2 rings (SSSR count). The van der Waals surface area contributed by atoms with Crippen molar-refractivity contribution in [3.8, 4) is 11.8 Å². The maximum Gasteiger partial charge on any atom is 0.321 e. The predicted molar refractivity (Wildman–Crippen MR) is 75.2 cm³/mol. The fourth-order valence-electron chi connectivity index (χ4n) is 1.98. The molecule has 19 heavy (non-hydrogen) atoms. The van der Waals surface area contributed by atoms with Gasteiger partial charge >= 0.3 is 6.03 Å². The number of anilines is 1. The van der Waals surface area contributed by atoms with Crippen LogP contribution in [0.15, 0.2) is 18.2 Å². The summed E-state index contributed by atoms with van der Waals surface area (Å²) in [5.74, 6) is 5.36. The van der Waals surface area contributed by atoms with Gasteiger partial charge in [0.2, 0.25) is 0 Å². The molecule has 1 aliphatic heterocycles. The van der Waals surface area contributed by atoms with E-state index in [0.717, 1.165) is 25.9 Å². The molecule has 0 bridgehead atoms. The number of hydrogen-bond donors (Lipinski definition) is 2. The summed E-state index contributed by atoms with van der Waals surface area (Å²) in [6, 6.07) is 4.96. The molecule has 1 fully saturated rings. The number of carbonyl (C=O) groups is 1. The number of nitrogens with zero attached hydrogens (tertiary/aromatic N) is 1. The zero-order chi connectivity index (χ0) is 13.7. The molecule has 0 unspecified atom stereocenters. The van der Waals surface area contributed by atoms with E-state index in [-0.39, 0.29) is 12.6 Å². The third kappa shape index (κ3) is 3.63. The van der Waals surface area contributed by atoms with Crippen molar-refractivity contribution >= 4 is 23.3 Å². The molecule has 1 heterocycles. The number of carbonyl (C=O) groups excluding carboxylic acids is 1. The van der Waals surface area contributed by atoms with Crippen molar-refractivity contribution in [2.45, 2.75) is 12.8 Å². The summed E-state index contributed by atoms with van der Waals surface area (Å²) in [7, 11) is 0. The number of likely N-dealkylation sites (tertiary alicyclic amines) is 1. The maximum absolute atomic E-state index is 12.0. The van der Waals surface area contributed by atoms with E-state index in [1.165, 1.54) is 0 Å². The van der Waals surface area contributed by atoms with E-state index >= 15 is 0 Å². The Morgan fingerprint density at radius 3 is 2.84 bits per heavy atom. The first-order chi connectivity index (χ1) is 9.20. The van der Waals surface area contributed by atoms with Crippen molar-refractivity contribution in [3.63, 3.8) is 0 Å². The van der Waals surface area contributed by atoms with E-state index in [2.05, 4.69) is 17.2 Å². The smallest absolute Gasteiger partial charge is 0.321 e. The molecule has 100 valence electrons. The lowest BCUT2D eigenvalue weighted by atomic mass is 10.2. The molecular weight excluding hydrogens is 264 g/mol. The van der Waals surface area contributed by atoms with Gasteiger partial charge in [-0.3, -0.25) is 0 Å². The summed E-state index contributed by atoms with van der Waals surface area (Å²) in [4.78, 5) is 13.8. The molecule has 2 amide bonds. The van der Waals surface area contributed by atoms with Crippen LogP contribution in [0, 0.1) is 11.8 Å². The monoisotopic (exact) mass is 278 g/mol. The molecule has 0 spiro atoms. The van der Waals surface area contributed by atoms with Crippen molar-refractivity contribution in [1.82, 2.24) is 4.90 Å². The van der Waals surface area contributed by atoms with Crippen LogP contribution in [0.5, 0.6) is 0 Å². The number of nitrogens with one attached hydrogen (secondary N) is 1. The third-order valence-corrected chi connectivity index (χ3v) is 3.15. The zero-order valence-corrected chi connectivity index (χ0v) is 11.2. The summed E-state index contributed by atoms with van der Waals surface area (Å²) in [5.41, 5.74) is 1.22. The molecule has 1 aliphatic rings. The summed E-state index contributed by atoms with van der Waals surface area (Å²) in [6.45, 7) is 1.34. The van der Waals surface area contributed by atoms with Gasteiger partial charge in [-0.25, -0.2) is 4.79 Å². The van der Waals surface area contributed by atoms with Gasteiger partial charge < -0.3 is 15.3 Å². The molecule has 2 N–H and O–H groups in total. The summed E-state index contributed by atoms with van der Waals surface area (Å²) in [6.07, 6.45) is 2.08. The Hall–Kier alpha value is -1.70. The average molecular weight is 279 g/mol. The van der Waals surface area contributed by atoms with Gasteiger partial charge in [-0.05, 0) is 31.0 Å². The quantitative estimate of drug-likeness (QED) is 0.775. The Morgan fingerprint density at radius 2 is 2.16 bits per heavy atom. The first kappa shape index (κ1) is 13.7. The van der Waals surface area contributed by atoms with E-state index in [4.69, 9.17) is 16.7 Å². The van der Waals surface area contributed by atoms with Crippen molar-refractivity contribution in [2.24, 2.45) is 0 Å². The topological polar surface area (TPSA) is 52.6 Å². The molecule has 1 saturated heterocycles. The van der Waals surface area contributed by atoms with Gasteiger partial charge in [0, 0.05) is 23.7 Å². The lowest BCUT2D eigenvalue weighted by molar-refractivity contribution is 0.222. The van der Waals surface area contributed by atoms with E-state index in [1.54, 1.807) is 23.1 Å². The zero-order valence-electron chi connectivity index (χ0n) is 10.4. The molecule has 1 aromatic rings. The largest absolute Gasteiger partial charge is 0.384 e. The fraction of sp³-hybridized carbons (Fsp3) is 0.357. The van der Waals surface area contributed by atoms with E-state index in [9.17, 15) is 4.79 Å². The Morgan fingerprint density at radius 1 is 1.42 bits per heavy atom. The second-order valence-corrected chi connectivity index (χ2v) is 4.71. The minimum absolute atomic E-state index is 0.133. The summed E-state index contributed by atoms with van der Waals surface area (Å²) < 4.78 is 0. The second kappa shape index (κ2) is 6.46. The fourth-order valence-corrected chi connectivity index (χ4v) is 2.15. The number of urea groups is 1. The van der Waals surface area contributed by atoms with Crippen LogP contribution in [-0.2, 0) is 0 Å². The minimum atomic E-state index is -0.220. The number of amides is 2. The van der Waals surface area contributed by atoms with E-state index < -0.39 is 0 Å². The van der Waals surface area contributed by atoms with Crippen LogP contribution in [0.25, 0.3) is 0 Å². The maximum atomic E-state index is 12.0. The van der Waals surface area contributed by atoms with Gasteiger partial charge in [0.05, 0.1) is 5.69 Å². The highest BCUT2D eigenvalue weighted by molar-refractivity contribution is 6.31. The summed E-state index contributed by atoms with van der Waals surface area (Å²) >= 11 is 5.93. The lowest BCUT2D eigenvalue weighted by Gasteiger charge is -2.17. The highest BCUT2D eigenvalue weighted by Crippen LogP contribution is 2.21. The number of benzene rings is 1. The van der Waals surface area contributed by atoms with Crippen molar-refractivity contribution in [3.05, 3.63) is 28.8 Å². The van der Waals surface area contributed by atoms with E-state index in [0.29, 0.717) is 16.3 Å². The van der Waals surface area contributed by atoms with Crippen LogP contribution in [0.4, 0.5) is 10.5 Å². The lowest BCUT2D eigenvalue weighted by Crippen LogP contribution is -2.32. The molecule has 0 atom stereocenters. The minimum Gasteiger partial charge on any atom is -0.384 e. The summed E-state index contributed by atoms with van der Waals surface area (Å²) in [5, 5.41) is 12.1. The van der Waals surface area contributed by atoms with Gasteiger partial charge in [0.25, 0.3) is 0 Å². The van der Waals surface area contributed by atoms with Gasteiger partial charge in [0.15, 0.2) is 0 Å². The SMILES string of the molecule is O=C(Nc1cc(Cl)ccc1C#CCO)N1CCCC1. The van der Waals surface area contributed by atoms with Gasteiger partial charge in [0.1, 0.15) is 6.61 Å². The number of aliphatic hydroxyl groups is 1. The molecule has 4 nitrogen and oxygen atoms in total. The predicted octanol–water partition coefficient (Wildman–Crippen LogP) is 2.31. The Labute approximate surface area is 117 Å². The van der Waals surface area contributed by atoms with Crippen molar-refractivity contribution in [1.29, 1.82) is 0 Å². The van der Waals surface area contributed by atoms with Crippen LogP contribution in [0.3, 0.4) is 0 Å².